The highest BCUT2D eigenvalue weighted by molar-refractivity contribution is 6.11. The molecular formula is C30H33N3O4. The molecular weight excluding hydrogens is 466 g/mol. The van der Waals surface area contributed by atoms with E-state index in [1.54, 1.807) is 19.1 Å². The third-order valence-electron chi connectivity index (χ3n) is 7.93. The van der Waals surface area contributed by atoms with Gasteiger partial charge in [0.15, 0.2) is 11.5 Å². The summed E-state index contributed by atoms with van der Waals surface area (Å²) < 4.78 is 16.9. The van der Waals surface area contributed by atoms with E-state index in [0.717, 1.165) is 42.1 Å². The molecule has 2 unspecified atom stereocenters. The van der Waals surface area contributed by atoms with Crippen LogP contribution in [0.2, 0.25) is 0 Å². The van der Waals surface area contributed by atoms with E-state index in [1.807, 2.05) is 24.3 Å². The maximum Gasteiger partial charge on any atom is 0.262 e. The SMILES string of the molecule is COc1ccc(N2COCc3cccc(N4CC5CCC(C4)N5Cc4ccccc4)c3C2=O)cc1OC. The average Bonchev–Trinajstić information content (AvgIpc) is 3.09. The number of methoxy groups -OCH3 is 2. The monoisotopic (exact) mass is 499 g/mol. The van der Waals surface area contributed by atoms with Crippen LogP contribution in [0.5, 0.6) is 11.5 Å². The van der Waals surface area contributed by atoms with Crippen molar-refractivity contribution in [2.45, 2.75) is 38.1 Å². The normalized spacial score (nSPS) is 21.5. The second-order valence-electron chi connectivity index (χ2n) is 10.0. The topological polar surface area (TPSA) is 54.5 Å². The molecule has 1 amide bonds. The van der Waals surface area contributed by atoms with E-state index >= 15 is 0 Å². The molecule has 6 rings (SSSR count). The standard InChI is InChI=1S/C30H33N3O4/c1-35-27-14-13-23(15-28(27)36-2)33-20-37-19-22-9-6-10-26(29(22)30(33)34)31-17-24-11-12-25(18-31)32(24)16-21-7-4-3-5-8-21/h3-10,13-15,24-25H,11-12,16-20H2,1-2H3. The van der Waals surface area contributed by atoms with E-state index in [4.69, 9.17) is 14.2 Å². The van der Waals surface area contributed by atoms with Gasteiger partial charge in [0.2, 0.25) is 0 Å². The van der Waals surface area contributed by atoms with Gasteiger partial charge in [-0.05, 0) is 42.2 Å². The first-order chi connectivity index (χ1) is 18.2. The number of ether oxygens (including phenoxy) is 3. The van der Waals surface area contributed by atoms with Crippen molar-refractivity contribution >= 4 is 17.3 Å². The summed E-state index contributed by atoms with van der Waals surface area (Å²) in [5, 5.41) is 0. The fraction of sp³-hybridized carbons (Fsp3) is 0.367. The number of carbonyl (C=O) groups excluding carboxylic acids is 1. The zero-order valence-corrected chi connectivity index (χ0v) is 21.4. The number of anilines is 2. The molecule has 0 N–H and O–H groups in total. The molecule has 192 valence electrons. The molecule has 3 heterocycles. The van der Waals surface area contributed by atoms with Crippen LogP contribution in [0.1, 0.15) is 34.3 Å². The summed E-state index contributed by atoms with van der Waals surface area (Å²) in [5.41, 5.74) is 4.77. The molecule has 2 atom stereocenters. The summed E-state index contributed by atoms with van der Waals surface area (Å²) in [6, 6.07) is 23.4. The molecule has 3 aliphatic heterocycles. The Kier molecular flexibility index (Phi) is 6.49. The quantitative estimate of drug-likeness (QED) is 0.491. The van der Waals surface area contributed by atoms with E-state index in [0.29, 0.717) is 30.2 Å². The number of nitrogens with zero attached hydrogens (tertiary/aromatic N) is 3. The molecule has 7 nitrogen and oxygen atoms in total. The number of hydrogen-bond donors (Lipinski definition) is 0. The van der Waals surface area contributed by atoms with Gasteiger partial charge in [-0.3, -0.25) is 14.6 Å². The molecule has 0 aliphatic carbocycles. The van der Waals surface area contributed by atoms with Gasteiger partial charge >= 0.3 is 0 Å². The predicted molar refractivity (Wildman–Crippen MR) is 143 cm³/mol. The molecule has 37 heavy (non-hydrogen) atoms. The fourth-order valence-electron chi connectivity index (χ4n) is 6.08. The summed E-state index contributed by atoms with van der Waals surface area (Å²) in [6.07, 6.45) is 2.38. The van der Waals surface area contributed by atoms with Gasteiger partial charge in [0.1, 0.15) is 6.73 Å². The Bertz CT molecular complexity index is 1270. The third-order valence-corrected chi connectivity index (χ3v) is 7.93. The lowest BCUT2D eigenvalue weighted by atomic mass is 10.0. The molecule has 7 heteroatoms. The lowest BCUT2D eigenvalue weighted by molar-refractivity contribution is 0.0905. The molecule has 2 fully saturated rings. The van der Waals surface area contributed by atoms with Gasteiger partial charge in [-0.15, -0.1) is 0 Å². The number of piperazine rings is 1. The maximum atomic E-state index is 14.1. The molecule has 0 saturated carbocycles. The number of carbonyl (C=O) groups is 1. The van der Waals surface area contributed by atoms with Crippen molar-refractivity contribution in [3.05, 3.63) is 83.4 Å². The average molecular weight is 500 g/mol. The second-order valence-corrected chi connectivity index (χ2v) is 10.0. The van der Waals surface area contributed by atoms with Crippen LogP contribution >= 0.6 is 0 Å². The Balaban J connectivity index is 1.29. The summed E-state index contributed by atoms with van der Waals surface area (Å²) in [5.74, 6) is 1.16. The van der Waals surface area contributed by atoms with Gasteiger partial charge in [0, 0.05) is 37.8 Å². The van der Waals surface area contributed by atoms with E-state index in [-0.39, 0.29) is 12.6 Å². The van der Waals surface area contributed by atoms with Crippen molar-refractivity contribution in [3.8, 4) is 11.5 Å². The molecule has 0 aromatic heterocycles. The first-order valence-electron chi connectivity index (χ1n) is 12.9. The van der Waals surface area contributed by atoms with Crippen molar-refractivity contribution in [3.63, 3.8) is 0 Å². The van der Waals surface area contributed by atoms with Crippen molar-refractivity contribution in [2.24, 2.45) is 0 Å². The van der Waals surface area contributed by atoms with Crippen molar-refractivity contribution in [1.29, 1.82) is 0 Å². The number of amides is 1. The summed E-state index contributed by atoms with van der Waals surface area (Å²) >= 11 is 0. The zero-order chi connectivity index (χ0) is 25.4. The van der Waals surface area contributed by atoms with Crippen LogP contribution in [-0.4, -0.2) is 56.9 Å². The van der Waals surface area contributed by atoms with Crippen LogP contribution in [0.25, 0.3) is 0 Å². The minimum atomic E-state index is -0.0469. The van der Waals surface area contributed by atoms with E-state index < -0.39 is 0 Å². The largest absolute Gasteiger partial charge is 0.493 e. The third kappa shape index (κ3) is 4.43. The van der Waals surface area contributed by atoms with Crippen LogP contribution in [-0.2, 0) is 17.9 Å². The van der Waals surface area contributed by atoms with Gasteiger partial charge < -0.3 is 19.1 Å². The van der Waals surface area contributed by atoms with Crippen LogP contribution in [0.3, 0.4) is 0 Å². The van der Waals surface area contributed by atoms with Crippen LogP contribution in [0, 0.1) is 0 Å². The Morgan fingerprint density at radius 3 is 2.38 bits per heavy atom. The van der Waals surface area contributed by atoms with E-state index in [2.05, 4.69) is 52.3 Å². The van der Waals surface area contributed by atoms with E-state index in [1.165, 1.54) is 18.4 Å². The number of fused-ring (bicyclic) bond motifs is 3. The van der Waals surface area contributed by atoms with E-state index in [9.17, 15) is 4.79 Å². The Hall–Kier alpha value is -3.55. The van der Waals surface area contributed by atoms with Gasteiger partial charge in [-0.1, -0.05) is 42.5 Å². The number of rotatable bonds is 6. The molecule has 0 spiro atoms. The molecule has 2 saturated heterocycles. The Morgan fingerprint density at radius 2 is 1.65 bits per heavy atom. The fourth-order valence-corrected chi connectivity index (χ4v) is 6.08. The first-order valence-corrected chi connectivity index (χ1v) is 12.9. The minimum Gasteiger partial charge on any atom is -0.493 e. The van der Waals surface area contributed by atoms with Crippen molar-refractivity contribution in [1.82, 2.24) is 4.90 Å². The molecule has 0 radical (unpaired) electrons. The summed E-state index contributed by atoms with van der Waals surface area (Å²) in [4.78, 5) is 20.9. The minimum absolute atomic E-state index is 0.0469. The molecule has 3 aromatic carbocycles. The van der Waals surface area contributed by atoms with Gasteiger partial charge in [0.05, 0.1) is 37.8 Å². The molecule has 2 bridgehead atoms. The lowest BCUT2D eigenvalue weighted by Crippen LogP contribution is -2.53. The highest BCUT2D eigenvalue weighted by atomic mass is 16.5. The number of hydrogen-bond acceptors (Lipinski definition) is 6. The highest BCUT2D eigenvalue weighted by Gasteiger charge is 2.41. The predicted octanol–water partition coefficient (Wildman–Crippen LogP) is 4.69. The molecule has 3 aliphatic rings. The maximum absolute atomic E-state index is 14.1. The Labute approximate surface area is 218 Å². The van der Waals surface area contributed by atoms with Gasteiger partial charge in [-0.25, -0.2) is 0 Å². The Morgan fingerprint density at radius 1 is 0.892 bits per heavy atom. The molecule has 3 aromatic rings. The van der Waals surface area contributed by atoms with Crippen molar-refractivity contribution in [2.75, 3.05) is 43.8 Å². The van der Waals surface area contributed by atoms with Crippen molar-refractivity contribution < 1.29 is 19.0 Å². The summed E-state index contributed by atoms with van der Waals surface area (Å²) in [6.45, 7) is 3.41. The second kappa shape index (κ2) is 10.1. The van der Waals surface area contributed by atoms with Crippen LogP contribution in [0.15, 0.2) is 66.7 Å². The van der Waals surface area contributed by atoms with Crippen LogP contribution in [0.4, 0.5) is 11.4 Å². The first kappa shape index (κ1) is 23.8. The van der Waals surface area contributed by atoms with Crippen LogP contribution < -0.4 is 19.3 Å². The summed E-state index contributed by atoms with van der Waals surface area (Å²) in [7, 11) is 3.20. The van der Waals surface area contributed by atoms with Gasteiger partial charge in [-0.2, -0.15) is 0 Å². The number of benzene rings is 3. The van der Waals surface area contributed by atoms with Gasteiger partial charge in [0.25, 0.3) is 5.91 Å². The smallest absolute Gasteiger partial charge is 0.262 e. The highest BCUT2D eigenvalue weighted by Crippen LogP contribution is 2.38. The lowest BCUT2D eigenvalue weighted by Gasteiger charge is -2.43. The zero-order valence-electron chi connectivity index (χ0n) is 21.4.